The Morgan fingerprint density at radius 1 is 0.814 bits per heavy atom. The van der Waals surface area contributed by atoms with Gasteiger partial charge in [-0.15, -0.1) is 0 Å². The first-order valence-corrected chi connectivity index (χ1v) is 13.4. The van der Waals surface area contributed by atoms with E-state index in [1.54, 1.807) is 20.8 Å². The van der Waals surface area contributed by atoms with Gasteiger partial charge in [-0.2, -0.15) is 0 Å². The lowest BCUT2D eigenvalue weighted by atomic mass is 10.0. The third kappa shape index (κ3) is 7.31. The molecule has 0 saturated carbocycles. The number of ether oxygens (including phenoxy) is 1. The van der Waals surface area contributed by atoms with Gasteiger partial charge in [0.25, 0.3) is 11.1 Å². The van der Waals surface area contributed by atoms with Crippen LogP contribution in [0, 0.1) is 11.6 Å². The highest BCUT2D eigenvalue weighted by Crippen LogP contribution is 2.24. The molecule has 2 aromatic heterocycles. The van der Waals surface area contributed by atoms with Crippen molar-refractivity contribution in [2.24, 2.45) is 0 Å². The molecule has 0 aliphatic carbocycles. The fourth-order valence-electron chi connectivity index (χ4n) is 4.05. The van der Waals surface area contributed by atoms with Crippen LogP contribution in [0.1, 0.15) is 53.2 Å². The average molecular weight is 601 g/mol. The van der Waals surface area contributed by atoms with Crippen molar-refractivity contribution in [1.29, 1.82) is 0 Å². The highest BCUT2D eigenvalue weighted by atomic mass is 19.1. The first-order valence-electron chi connectivity index (χ1n) is 13.4. The summed E-state index contributed by atoms with van der Waals surface area (Å²) in [6.45, 7) is 9.71. The summed E-state index contributed by atoms with van der Waals surface area (Å²) in [4.78, 5) is 60.1. The second-order valence-corrected chi connectivity index (χ2v) is 10.7. The highest BCUT2D eigenvalue weighted by molar-refractivity contribution is 5.87. The highest BCUT2D eigenvalue weighted by Gasteiger charge is 2.29. The van der Waals surface area contributed by atoms with Crippen LogP contribution < -0.4 is 21.8 Å². The minimum absolute atomic E-state index is 0.0158. The number of carbonyl (C=O) groups excluding carboxylic acids is 1. The molecular formula is C29H34F2N6O6. The van der Waals surface area contributed by atoms with Crippen molar-refractivity contribution in [1.82, 2.24) is 19.9 Å². The number of nitrogens with zero attached hydrogens (tertiary/aromatic N) is 2. The standard InChI is InChI=1S/C15H18FN3O3.C14H16FN3O3/c1-5-11-17-12-9(13(20)18-11)6-8(7-10(12)16)19-15(2,3)14(21)22-4;1-4-10-16-11-8(12(19)17-10)5-7(6-9(11)15)18-14(2,3)13(20)21/h6-7,19H,5H2,1-4H3,(H,17,18,20);5-6,18H,4H2,1-3H3,(H,20,21)(H,16,17,19). The number of methoxy groups -OCH3 is 1. The van der Waals surface area contributed by atoms with Crippen LogP contribution in [-0.4, -0.2) is 55.2 Å². The van der Waals surface area contributed by atoms with E-state index >= 15 is 0 Å². The second-order valence-electron chi connectivity index (χ2n) is 10.7. The van der Waals surface area contributed by atoms with Crippen LogP contribution >= 0.6 is 0 Å². The van der Waals surface area contributed by atoms with Crippen molar-refractivity contribution >= 4 is 45.1 Å². The van der Waals surface area contributed by atoms with Crippen LogP contribution in [0.3, 0.4) is 0 Å². The Kier molecular flexibility index (Phi) is 9.52. The maximum atomic E-state index is 14.2. The van der Waals surface area contributed by atoms with E-state index in [1.807, 2.05) is 6.92 Å². The normalized spacial score (nSPS) is 11.6. The number of halogens is 2. The van der Waals surface area contributed by atoms with Gasteiger partial charge in [-0.05, 0) is 52.0 Å². The number of carbonyl (C=O) groups is 2. The Hall–Kier alpha value is -4.88. The Morgan fingerprint density at radius 2 is 1.21 bits per heavy atom. The van der Waals surface area contributed by atoms with Crippen LogP contribution in [0.15, 0.2) is 33.9 Å². The van der Waals surface area contributed by atoms with Crippen LogP contribution in [0.25, 0.3) is 21.8 Å². The third-order valence-corrected chi connectivity index (χ3v) is 6.44. The lowest BCUT2D eigenvalue weighted by Crippen LogP contribution is -2.41. The van der Waals surface area contributed by atoms with Crippen molar-refractivity contribution < 1.29 is 28.2 Å². The fourth-order valence-corrected chi connectivity index (χ4v) is 4.05. The molecule has 0 radical (unpaired) electrons. The number of aromatic nitrogens is 4. The summed E-state index contributed by atoms with van der Waals surface area (Å²) >= 11 is 0. The van der Waals surface area contributed by atoms with Crippen LogP contribution in [0.2, 0.25) is 0 Å². The van der Waals surface area contributed by atoms with Gasteiger partial charge in [0.05, 0.1) is 17.9 Å². The van der Waals surface area contributed by atoms with Crippen LogP contribution in [0.5, 0.6) is 0 Å². The van der Waals surface area contributed by atoms with E-state index in [2.05, 4.69) is 35.3 Å². The van der Waals surface area contributed by atoms with E-state index in [4.69, 9.17) is 5.11 Å². The minimum Gasteiger partial charge on any atom is -0.480 e. The van der Waals surface area contributed by atoms with Crippen molar-refractivity contribution in [3.8, 4) is 0 Å². The van der Waals surface area contributed by atoms with Gasteiger partial charge < -0.3 is 30.4 Å². The number of fused-ring (bicyclic) bond motifs is 2. The van der Waals surface area contributed by atoms with Gasteiger partial charge in [0.15, 0.2) is 11.6 Å². The molecule has 0 amide bonds. The lowest BCUT2D eigenvalue weighted by Gasteiger charge is -2.24. The second kappa shape index (κ2) is 12.5. The molecule has 5 N–H and O–H groups in total. The quantitative estimate of drug-likeness (QED) is 0.186. The predicted octanol–water partition coefficient (Wildman–Crippen LogP) is 3.89. The summed E-state index contributed by atoms with van der Waals surface area (Å²) in [5.74, 6) is -2.05. The molecule has 0 bridgehead atoms. The SMILES string of the molecule is CCc1nc2c(F)cc(NC(C)(C)C(=O)O)cc2c(=O)[nH]1.CCc1nc2c(F)cc(NC(C)(C)C(=O)OC)cc2c(=O)[nH]1. The van der Waals surface area contributed by atoms with Gasteiger partial charge in [0.2, 0.25) is 0 Å². The van der Waals surface area contributed by atoms with E-state index in [0.717, 1.165) is 6.07 Å². The molecule has 2 heterocycles. The lowest BCUT2D eigenvalue weighted by molar-refractivity contribution is -0.144. The summed E-state index contributed by atoms with van der Waals surface area (Å²) in [5.41, 5.74) is -2.70. The number of rotatable bonds is 8. The van der Waals surface area contributed by atoms with E-state index in [1.165, 1.54) is 39.2 Å². The largest absolute Gasteiger partial charge is 0.480 e. The molecule has 0 spiro atoms. The Labute approximate surface area is 244 Å². The molecule has 43 heavy (non-hydrogen) atoms. The van der Waals surface area contributed by atoms with E-state index in [0.29, 0.717) is 30.2 Å². The van der Waals surface area contributed by atoms with E-state index in [-0.39, 0.29) is 27.5 Å². The first kappa shape index (κ1) is 32.6. The molecule has 4 rings (SSSR count). The maximum Gasteiger partial charge on any atom is 0.330 e. The summed E-state index contributed by atoms with van der Waals surface area (Å²) in [7, 11) is 1.27. The zero-order valence-corrected chi connectivity index (χ0v) is 24.9. The molecule has 0 aliphatic heterocycles. The number of benzene rings is 2. The van der Waals surface area contributed by atoms with E-state index < -0.39 is 45.8 Å². The molecule has 0 atom stereocenters. The van der Waals surface area contributed by atoms with Gasteiger partial charge in [-0.3, -0.25) is 9.59 Å². The number of aryl methyl sites for hydroxylation is 2. The Bertz CT molecular complexity index is 1820. The molecule has 0 fully saturated rings. The number of H-pyrrole nitrogens is 2. The van der Waals surface area contributed by atoms with E-state index in [9.17, 15) is 28.0 Å². The van der Waals surface area contributed by atoms with Crippen LogP contribution in [-0.2, 0) is 27.2 Å². The van der Waals surface area contributed by atoms with Gasteiger partial charge in [0, 0.05) is 24.2 Å². The Morgan fingerprint density at radius 3 is 1.56 bits per heavy atom. The third-order valence-electron chi connectivity index (χ3n) is 6.44. The van der Waals surface area contributed by atoms with Gasteiger partial charge in [0.1, 0.15) is 33.8 Å². The van der Waals surface area contributed by atoms with Gasteiger partial charge in [-0.1, -0.05) is 13.8 Å². The molecule has 4 aromatic rings. The number of carboxylic acids is 1. The van der Waals surface area contributed by atoms with Crippen molar-refractivity contribution in [3.63, 3.8) is 0 Å². The number of esters is 1. The summed E-state index contributed by atoms with van der Waals surface area (Å²) < 4.78 is 33.0. The number of anilines is 2. The maximum absolute atomic E-state index is 14.2. The number of aromatic amines is 2. The minimum atomic E-state index is -1.29. The summed E-state index contributed by atoms with van der Waals surface area (Å²) in [5, 5.41) is 14.8. The number of aliphatic carboxylic acids is 1. The van der Waals surface area contributed by atoms with Crippen LogP contribution in [0.4, 0.5) is 20.2 Å². The van der Waals surface area contributed by atoms with Crippen molar-refractivity contribution in [3.05, 3.63) is 68.3 Å². The molecule has 0 aliphatic rings. The van der Waals surface area contributed by atoms with Crippen molar-refractivity contribution in [2.75, 3.05) is 17.7 Å². The molecule has 2 aromatic carbocycles. The number of hydrogen-bond acceptors (Lipinski definition) is 9. The number of nitrogens with one attached hydrogen (secondary N) is 4. The van der Waals surface area contributed by atoms with Gasteiger partial charge in [-0.25, -0.2) is 28.3 Å². The molecule has 12 nitrogen and oxygen atoms in total. The molecular weight excluding hydrogens is 566 g/mol. The van der Waals surface area contributed by atoms with Crippen molar-refractivity contribution in [2.45, 2.75) is 65.5 Å². The zero-order valence-electron chi connectivity index (χ0n) is 24.9. The summed E-state index contributed by atoms with van der Waals surface area (Å²) in [6, 6.07) is 5.21. The first-order chi connectivity index (χ1) is 20.0. The number of hydrogen-bond donors (Lipinski definition) is 5. The molecule has 0 saturated heterocycles. The predicted molar refractivity (Wildman–Crippen MR) is 158 cm³/mol. The molecule has 230 valence electrons. The fraction of sp³-hybridized carbons (Fsp3) is 0.379. The average Bonchev–Trinajstić information content (AvgIpc) is 2.93. The number of carboxylic acid groups (broad SMARTS) is 1. The monoisotopic (exact) mass is 600 g/mol. The summed E-state index contributed by atoms with van der Waals surface area (Å²) in [6.07, 6.45) is 0.983. The smallest absolute Gasteiger partial charge is 0.330 e. The molecule has 0 unspecified atom stereocenters. The molecule has 14 heteroatoms. The van der Waals surface area contributed by atoms with Gasteiger partial charge >= 0.3 is 11.9 Å². The Balaban J connectivity index is 0.000000236. The topological polar surface area (TPSA) is 179 Å². The zero-order chi connectivity index (χ0) is 32.3.